The van der Waals surface area contributed by atoms with Crippen LogP contribution < -0.4 is 10.6 Å². The van der Waals surface area contributed by atoms with Gasteiger partial charge >= 0.3 is 6.18 Å². The molecule has 1 aliphatic rings. The molecule has 2 aromatic rings. The topological polar surface area (TPSA) is 93.8 Å². The first-order valence-corrected chi connectivity index (χ1v) is 9.81. The van der Waals surface area contributed by atoms with Crippen LogP contribution in [0.25, 0.3) is 0 Å². The van der Waals surface area contributed by atoms with Gasteiger partial charge in [-0.15, -0.1) is 0 Å². The number of amides is 2. The van der Waals surface area contributed by atoms with E-state index >= 15 is 0 Å². The number of carbonyl (C=O) groups excluding carboxylic acids is 2. The molecule has 0 atom stereocenters. The Kier molecular flexibility index (Phi) is 6.18. The lowest BCUT2D eigenvalue weighted by molar-refractivity contribution is -0.141. The molecule has 0 aromatic carbocycles. The van der Waals surface area contributed by atoms with E-state index in [4.69, 9.17) is 0 Å². The summed E-state index contributed by atoms with van der Waals surface area (Å²) < 4.78 is 41.6. The second-order valence-electron chi connectivity index (χ2n) is 7.88. The van der Waals surface area contributed by atoms with Crippen molar-refractivity contribution < 1.29 is 22.8 Å². The molecule has 164 valence electrons. The number of carbonyl (C=O) groups is 2. The second-order valence-corrected chi connectivity index (χ2v) is 7.88. The van der Waals surface area contributed by atoms with Crippen molar-refractivity contribution in [2.45, 2.75) is 51.7 Å². The highest BCUT2D eigenvalue weighted by Crippen LogP contribution is 2.42. The lowest BCUT2D eigenvalue weighted by atomic mass is 10.2. The molecule has 2 aromatic heterocycles. The molecule has 0 aliphatic heterocycles. The fourth-order valence-electron chi connectivity index (χ4n) is 3.06. The third-order valence-electron chi connectivity index (χ3n) is 4.75. The number of hydrogen-bond donors (Lipinski definition) is 2. The van der Waals surface area contributed by atoms with Crippen LogP contribution in [0.1, 0.15) is 60.9 Å². The zero-order chi connectivity index (χ0) is 22.1. The quantitative estimate of drug-likeness (QED) is 0.679. The summed E-state index contributed by atoms with van der Waals surface area (Å²) in [6.45, 7) is 4.41. The smallest absolute Gasteiger partial charge is 0.350 e. The lowest BCUT2D eigenvalue weighted by Crippen LogP contribution is -2.30. The van der Waals surface area contributed by atoms with Gasteiger partial charge in [0.2, 0.25) is 5.91 Å². The highest BCUT2D eigenvalue weighted by molar-refractivity contribution is 6.02. The zero-order valence-corrected chi connectivity index (χ0v) is 17.1. The van der Waals surface area contributed by atoms with E-state index in [1.165, 1.54) is 15.6 Å². The van der Waals surface area contributed by atoms with E-state index < -0.39 is 17.8 Å². The Bertz CT molecular complexity index is 927. The summed E-state index contributed by atoms with van der Waals surface area (Å²) in [6.07, 6.45) is -1.60. The van der Waals surface area contributed by atoms with Gasteiger partial charge < -0.3 is 10.6 Å². The molecule has 11 heteroatoms. The average Bonchev–Trinajstić information content (AvgIpc) is 3.29. The van der Waals surface area contributed by atoms with Crippen molar-refractivity contribution in [3.8, 4) is 0 Å². The van der Waals surface area contributed by atoms with Crippen LogP contribution in [0.15, 0.2) is 12.3 Å². The molecule has 8 nitrogen and oxygen atoms in total. The summed E-state index contributed by atoms with van der Waals surface area (Å²) in [5, 5.41) is 13.0. The van der Waals surface area contributed by atoms with Crippen molar-refractivity contribution in [1.29, 1.82) is 0 Å². The van der Waals surface area contributed by atoms with Crippen LogP contribution in [0, 0.1) is 5.92 Å². The Morgan fingerprint density at radius 2 is 2.00 bits per heavy atom. The first-order chi connectivity index (χ1) is 14.1. The summed E-state index contributed by atoms with van der Waals surface area (Å²) in [5.41, 5.74) is 0.0233. The number of aromatic nitrogens is 4. The molecule has 2 amide bonds. The van der Waals surface area contributed by atoms with Gasteiger partial charge in [0.05, 0.1) is 11.9 Å². The van der Waals surface area contributed by atoms with Crippen molar-refractivity contribution in [3.63, 3.8) is 0 Å². The van der Waals surface area contributed by atoms with E-state index in [2.05, 4.69) is 20.8 Å². The van der Waals surface area contributed by atoms with Crippen LogP contribution in [0.4, 0.5) is 18.9 Å². The molecule has 2 N–H and O–H groups in total. The van der Waals surface area contributed by atoms with Crippen LogP contribution in [0.3, 0.4) is 0 Å². The maximum Gasteiger partial charge on any atom is 0.435 e. The van der Waals surface area contributed by atoms with E-state index in [1.807, 2.05) is 13.8 Å². The Labute approximate surface area is 171 Å². The maximum absolute atomic E-state index is 13.0. The number of alkyl halides is 3. The summed E-state index contributed by atoms with van der Waals surface area (Å²) in [6, 6.07) is 1.06. The normalized spacial score (nSPS) is 14.2. The minimum atomic E-state index is -4.52. The Balaban J connectivity index is 1.65. The number of aryl methyl sites for hydroxylation is 2. The van der Waals surface area contributed by atoms with Gasteiger partial charge in [-0.1, -0.05) is 13.8 Å². The van der Waals surface area contributed by atoms with Gasteiger partial charge in [-0.2, -0.15) is 23.4 Å². The molecule has 2 heterocycles. The van der Waals surface area contributed by atoms with Gasteiger partial charge in [0.15, 0.2) is 5.69 Å². The van der Waals surface area contributed by atoms with Gasteiger partial charge in [-0.05, 0) is 24.8 Å². The summed E-state index contributed by atoms with van der Waals surface area (Å²) in [7, 11) is 1.59. The van der Waals surface area contributed by atoms with Crippen molar-refractivity contribution in [2.24, 2.45) is 13.0 Å². The van der Waals surface area contributed by atoms with Gasteiger partial charge in [0.25, 0.3) is 5.91 Å². The molecule has 0 bridgehead atoms. The molecule has 1 fully saturated rings. The van der Waals surface area contributed by atoms with Crippen molar-refractivity contribution in [2.75, 3.05) is 11.9 Å². The van der Waals surface area contributed by atoms with Crippen LogP contribution in [0.2, 0.25) is 0 Å². The Morgan fingerprint density at radius 1 is 1.30 bits per heavy atom. The molecule has 0 radical (unpaired) electrons. The van der Waals surface area contributed by atoms with Crippen molar-refractivity contribution in [3.05, 3.63) is 29.3 Å². The highest BCUT2D eigenvalue weighted by atomic mass is 19.4. The molecule has 0 unspecified atom stereocenters. The van der Waals surface area contributed by atoms with Gasteiger partial charge in [0.1, 0.15) is 5.69 Å². The van der Waals surface area contributed by atoms with Crippen molar-refractivity contribution in [1.82, 2.24) is 24.9 Å². The number of rotatable bonds is 8. The fraction of sp³-hybridized carbons (Fsp3) is 0.579. The monoisotopic (exact) mass is 426 g/mol. The number of halogens is 3. The predicted octanol–water partition coefficient (Wildman–Crippen LogP) is 2.93. The standard InChI is InChI=1S/C19H25F3N6O2/c1-11(2)9-23-18(30)17-13(10-24-27(17)3)25-16(29)6-7-28-14(12-4-5-12)8-15(26-28)19(20,21)22/h8,10-12H,4-7,9H2,1-3H3,(H,23,30)(H,25,29). The molecule has 3 rings (SSSR count). The second kappa shape index (κ2) is 8.49. The minimum Gasteiger partial charge on any atom is -0.350 e. The van der Waals surface area contributed by atoms with E-state index in [1.54, 1.807) is 7.05 Å². The summed E-state index contributed by atoms with van der Waals surface area (Å²) in [4.78, 5) is 24.8. The predicted molar refractivity (Wildman–Crippen MR) is 103 cm³/mol. The van der Waals surface area contributed by atoms with Crippen LogP contribution in [0.5, 0.6) is 0 Å². The number of anilines is 1. The maximum atomic E-state index is 13.0. The average molecular weight is 426 g/mol. The van der Waals surface area contributed by atoms with Gasteiger partial charge in [-0.3, -0.25) is 19.0 Å². The Hall–Kier alpha value is -2.85. The molecular formula is C19H25F3N6O2. The molecule has 1 aliphatic carbocycles. The molecule has 0 saturated heterocycles. The third-order valence-corrected chi connectivity index (χ3v) is 4.75. The molecule has 0 spiro atoms. The first-order valence-electron chi connectivity index (χ1n) is 9.81. The van der Waals surface area contributed by atoms with Crippen LogP contribution >= 0.6 is 0 Å². The van der Waals surface area contributed by atoms with Crippen molar-refractivity contribution >= 4 is 17.5 Å². The van der Waals surface area contributed by atoms with E-state index in [0.29, 0.717) is 12.2 Å². The molecular weight excluding hydrogens is 401 g/mol. The largest absolute Gasteiger partial charge is 0.435 e. The number of hydrogen-bond acceptors (Lipinski definition) is 4. The minimum absolute atomic E-state index is 0.0168. The first kappa shape index (κ1) is 21.8. The molecule has 1 saturated carbocycles. The highest BCUT2D eigenvalue weighted by Gasteiger charge is 2.37. The fourth-order valence-corrected chi connectivity index (χ4v) is 3.06. The molecule has 30 heavy (non-hydrogen) atoms. The van der Waals surface area contributed by atoms with Crippen LogP contribution in [-0.2, 0) is 24.6 Å². The van der Waals surface area contributed by atoms with Crippen LogP contribution in [-0.4, -0.2) is 37.9 Å². The summed E-state index contributed by atoms with van der Waals surface area (Å²) >= 11 is 0. The third kappa shape index (κ3) is 5.19. The van der Waals surface area contributed by atoms with E-state index in [-0.39, 0.29) is 42.1 Å². The number of nitrogens with one attached hydrogen (secondary N) is 2. The summed E-state index contributed by atoms with van der Waals surface area (Å²) in [5.74, 6) is -0.480. The van der Waals surface area contributed by atoms with Gasteiger partial charge in [-0.25, -0.2) is 0 Å². The zero-order valence-electron chi connectivity index (χ0n) is 17.1. The van der Waals surface area contributed by atoms with E-state index in [0.717, 1.165) is 18.9 Å². The lowest BCUT2D eigenvalue weighted by Gasteiger charge is -2.11. The van der Waals surface area contributed by atoms with E-state index in [9.17, 15) is 22.8 Å². The van der Waals surface area contributed by atoms with Gasteiger partial charge in [0, 0.05) is 38.2 Å². The number of nitrogens with zero attached hydrogens (tertiary/aromatic N) is 4. The Morgan fingerprint density at radius 3 is 2.60 bits per heavy atom. The SMILES string of the molecule is CC(C)CNC(=O)c1c(NC(=O)CCn2nc(C(F)(F)F)cc2C2CC2)cnn1C.